The molecule has 3 N–H and O–H groups in total. The zero-order valence-corrected chi connectivity index (χ0v) is 15.7. The second-order valence-electron chi connectivity index (χ2n) is 6.73. The van der Waals surface area contributed by atoms with Crippen LogP contribution in [0.4, 0.5) is 0 Å². The van der Waals surface area contributed by atoms with Crippen LogP contribution in [0.1, 0.15) is 37.2 Å². The first-order valence-electron chi connectivity index (χ1n) is 8.87. The second-order valence-corrected chi connectivity index (χ2v) is 6.73. The number of hydrogen-bond acceptors (Lipinski definition) is 6. The van der Waals surface area contributed by atoms with Crippen LogP contribution in [0.5, 0.6) is 0 Å². The van der Waals surface area contributed by atoms with Gasteiger partial charge in [0.2, 0.25) is 11.8 Å². The highest BCUT2D eigenvalue weighted by molar-refractivity contribution is 5.75. The van der Waals surface area contributed by atoms with Gasteiger partial charge in [0.05, 0.1) is 18.3 Å². The Hall–Kier alpha value is -3.00. The number of nitrogens with two attached hydrogens (primary N) is 1. The van der Waals surface area contributed by atoms with Crippen molar-refractivity contribution < 1.29 is 9.21 Å². The van der Waals surface area contributed by atoms with Crippen molar-refractivity contribution in [2.45, 2.75) is 39.9 Å². The van der Waals surface area contributed by atoms with Gasteiger partial charge in [0, 0.05) is 5.56 Å². The predicted octanol–water partition coefficient (Wildman–Crippen LogP) is 2.21. The van der Waals surface area contributed by atoms with E-state index in [1.54, 1.807) is 17.9 Å². The smallest absolute Gasteiger partial charge is 0.242 e. The summed E-state index contributed by atoms with van der Waals surface area (Å²) in [7, 11) is 0. The van der Waals surface area contributed by atoms with Crippen LogP contribution in [-0.2, 0) is 17.9 Å². The summed E-state index contributed by atoms with van der Waals surface area (Å²) < 4.78 is 7.04. The Kier molecular flexibility index (Phi) is 5.66. The Morgan fingerprint density at radius 3 is 2.70 bits per heavy atom. The van der Waals surface area contributed by atoms with Crippen molar-refractivity contribution in [3.8, 4) is 11.5 Å². The van der Waals surface area contributed by atoms with E-state index >= 15 is 0 Å². The molecule has 0 unspecified atom stereocenters. The minimum atomic E-state index is -0.275. The van der Waals surface area contributed by atoms with E-state index in [1.807, 2.05) is 44.2 Å². The molecule has 0 saturated heterocycles. The molecule has 2 aromatic heterocycles. The summed E-state index contributed by atoms with van der Waals surface area (Å²) in [6, 6.07) is 9.32. The third-order valence-corrected chi connectivity index (χ3v) is 4.16. The van der Waals surface area contributed by atoms with Gasteiger partial charge in [-0.1, -0.05) is 32.0 Å². The Morgan fingerprint density at radius 1 is 1.26 bits per heavy atom. The number of benzene rings is 1. The SMILES string of the molecule is Cc1nc([C@@H](N)C(C)C)n(CC(=O)NCc2coc(-c3ccccc3)n2)n1. The zero-order valence-electron chi connectivity index (χ0n) is 15.7. The molecule has 0 aliphatic carbocycles. The van der Waals surface area contributed by atoms with Crippen LogP contribution in [0.3, 0.4) is 0 Å². The molecule has 3 aromatic rings. The fourth-order valence-corrected chi connectivity index (χ4v) is 2.62. The fourth-order valence-electron chi connectivity index (χ4n) is 2.62. The Bertz CT molecular complexity index is 900. The van der Waals surface area contributed by atoms with Crippen LogP contribution >= 0.6 is 0 Å². The van der Waals surface area contributed by atoms with E-state index in [0.717, 1.165) is 5.56 Å². The van der Waals surface area contributed by atoms with Gasteiger partial charge in [0.25, 0.3) is 0 Å². The van der Waals surface area contributed by atoms with Gasteiger partial charge in [0.15, 0.2) is 0 Å². The zero-order chi connectivity index (χ0) is 19.4. The number of oxazole rings is 1. The lowest BCUT2D eigenvalue weighted by atomic mass is 10.1. The normalized spacial score (nSPS) is 12.3. The Balaban J connectivity index is 1.60. The molecule has 1 aromatic carbocycles. The number of hydrogen-bond donors (Lipinski definition) is 2. The molecule has 2 heterocycles. The van der Waals surface area contributed by atoms with Gasteiger partial charge >= 0.3 is 0 Å². The van der Waals surface area contributed by atoms with E-state index in [-0.39, 0.29) is 31.0 Å². The number of carbonyl (C=O) groups excluding carboxylic acids is 1. The van der Waals surface area contributed by atoms with Gasteiger partial charge in [-0.25, -0.2) is 14.6 Å². The molecule has 0 fully saturated rings. The number of aryl methyl sites for hydroxylation is 1. The molecule has 142 valence electrons. The van der Waals surface area contributed by atoms with Crippen LogP contribution in [0.2, 0.25) is 0 Å². The molecular weight excluding hydrogens is 344 g/mol. The van der Waals surface area contributed by atoms with Crippen molar-refractivity contribution in [1.82, 2.24) is 25.1 Å². The molecule has 0 spiro atoms. The minimum absolute atomic E-state index is 0.0555. The standard InChI is InChI=1S/C19H24N6O2/c1-12(2)17(20)18-22-13(3)24-25(18)10-16(26)21-9-15-11-27-19(23-15)14-7-5-4-6-8-14/h4-8,11-12,17H,9-10,20H2,1-3H3,(H,21,26)/t17-/m0/s1. The number of nitrogens with zero attached hydrogens (tertiary/aromatic N) is 4. The summed E-state index contributed by atoms with van der Waals surface area (Å²) in [4.78, 5) is 21.1. The van der Waals surface area contributed by atoms with Crippen LogP contribution in [0.15, 0.2) is 41.0 Å². The molecule has 1 atom stereocenters. The predicted molar refractivity (Wildman–Crippen MR) is 100 cm³/mol. The molecule has 27 heavy (non-hydrogen) atoms. The van der Waals surface area contributed by atoms with Crippen molar-refractivity contribution in [2.75, 3.05) is 0 Å². The van der Waals surface area contributed by atoms with E-state index in [2.05, 4.69) is 20.4 Å². The molecule has 0 aliphatic heterocycles. The lowest BCUT2D eigenvalue weighted by molar-refractivity contribution is -0.122. The van der Waals surface area contributed by atoms with Gasteiger partial charge in [0.1, 0.15) is 24.5 Å². The maximum atomic E-state index is 12.3. The number of rotatable bonds is 7. The molecule has 8 nitrogen and oxygen atoms in total. The van der Waals surface area contributed by atoms with Crippen LogP contribution < -0.4 is 11.1 Å². The van der Waals surface area contributed by atoms with Crippen LogP contribution in [0.25, 0.3) is 11.5 Å². The largest absolute Gasteiger partial charge is 0.444 e. The molecule has 3 rings (SSSR count). The van der Waals surface area contributed by atoms with Gasteiger partial charge in [-0.3, -0.25) is 4.79 Å². The van der Waals surface area contributed by atoms with Gasteiger partial charge in [-0.05, 0) is 25.0 Å². The third kappa shape index (κ3) is 4.59. The van der Waals surface area contributed by atoms with Gasteiger partial charge in [-0.15, -0.1) is 0 Å². The van der Waals surface area contributed by atoms with Crippen LogP contribution in [-0.4, -0.2) is 25.7 Å². The first kappa shape index (κ1) is 18.8. The highest BCUT2D eigenvalue weighted by Crippen LogP contribution is 2.18. The molecule has 0 saturated carbocycles. The van der Waals surface area contributed by atoms with E-state index in [0.29, 0.717) is 23.2 Å². The summed E-state index contributed by atoms with van der Waals surface area (Å²) in [5.41, 5.74) is 7.71. The summed E-state index contributed by atoms with van der Waals surface area (Å²) in [5.74, 6) is 1.74. The highest BCUT2D eigenvalue weighted by Gasteiger charge is 2.20. The first-order valence-corrected chi connectivity index (χ1v) is 8.87. The minimum Gasteiger partial charge on any atom is -0.444 e. The Morgan fingerprint density at radius 2 is 2.00 bits per heavy atom. The topological polar surface area (TPSA) is 112 Å². The Labute approximate surface area is 157 Å². The van der Waals surface area contributed by atoms with Crippen molar-refractivity contribution >= 4 is 5.91 Å². The summed E-state index contributed by atoms with van der Waals surface area (Å²) in [6.45, 7) is 6.13. The van der Waals surface area contributed by atoms with Crippen molar-refractivity contribution in [2.24, 2.45) is 11.7 Å². The van der Waals surface area contributed by atoms with Crippen molar-refractivity contribution in [3.05, 3.63) is 53.9 Å². The average Bonchev–Trinajstić information content (AvgIpc) is 3.26. The highest BCUT2D eigenvalue weighted by atomic mass is 16.3. The van der Waals surface area contributed by atoms with E-state index in [9.17, 15) is 4.79 Å². The summed E-state index contributed by atoms with van der Waals surface area (Å²) in [6.07, 6.45) is 1.54. The number of aromatic nitrogens is 4. The first-order chi connectivity index (χ1) is 12.9. The second kappa shape index (κ2) is 8.13. The molecular formula is C19H24N6O2. The lowest BCUT2D eigenvalue weighted by Crippen LogP contribution is -2.30. The average molecular weight is 368 g/mol. The number of nitrogens with one attached hydrogen (secondary N) is 1. The number of carbonyl (C=O) groups is 1. The molecule has 0 bridgehead atoms. The summed E-state index contributed by atoms with van der Waals surface area (Å²) >= 11 is 0. The van der Waals surface area contributed by atoms with Gasteiger partial charge in [-0.2, -0.15) is 5.10 Å². The lowest BCUT2D eigenvalue weighted by Gasteiger charge is -2.15. The summed E-state index contributed by atoms with van der Waals surface area (Å²) in [5, 5.41) is 7.11. The molecule has 0 radical (unpaired) electrons. The van der Waals surface area contributed by atoms with Crippen LogP contribution in [0, 0.1) is 12.8 Å². The van der Waals surface area contributed by atoms with E-state index < -0.39 is 0 Å². The quantitative estimate of drug-likeness (QED) is 0.661. The maximum Gasteiger partial charge on any atom is 0.242 e. The molecule has 1 amide bonds. The molecule has 8 heteroatoms. The fraction of sp³-hybridized carbons (Fsp3) is 0.368. The van der Waals surface area contributed by atoms with Crippen molar-refractivity contribution in [3.63, 3.8) is 0 Å². The maximum absolute atomic E-state index is 12.3. The third-order valence-electron chi connectivity index (χ3n) is 4.16. The molecule has 0 aliphatic rings. The van der Waals surface area contributed by atoms with E-state index in [4.69, 9.17) is 10.2 Å². The monoisotopic (exact) mass is 368 g/mol. The van der Waals surface area contributed by atoms with Gasteiger partial charge < -0.3 is 15.5 Å². The van der Waals surface area contributed by atoms with E-state index in [1.165, 1.54) is 0 Å². The number of amides is 1. The van der Waals surface area contributed by atoms with Crippen molar-refractivity contribution in [1.29, 1.82) is 0 Å².